The predicted octanol–water partition coefficient (Wildman–Crippen LogP) is 3.21. The van der Waals surface area contributed by atoms with E-state index < -0.39 is 0 Å². The van der Waals surface area contributed by atoms with Crippen LogP contribution >= 0.6 is 0 Å². The average molecular weight is 270 g/mol. The van der Waals surface area contributed by atoms with Crippen molar-refractivity contribution in [2.45, 2.75) is 13.2 Å². The molecule has 0 aliphatic rings. The van der Waals surface area contributed by atoms with Crippen LogP contribution in [0.5, 0.6) is 0 Å². The molecule has 0 saturated heterocycles. The van der Waals surface area contributed by atoms with Crippen molar-refractivity contribution in [1.82, 2.24) is 0 Å². The second-order valence-electron chi connectivity index (χ2n) is 4.50. The van der Waals surface area contributed by atoms with Crippen molar-refractivity contribution in [2.24, 2.45) is 0 Å². The standard InChI is InChI=1S/C17H18O3/c1-19-11-14-9-6-10-15(16(14)12-20-2)17(18)13-7-4-3-5-8-13/h3-10H,11-12H2,1-2H3. The van der Waals surface area contributed by atoms with E-state index in [1.54, 1.807) is 14.2 Å². The highest BCUT2D eigenvalue weighted by Crippen LogP contribution is 2.20. The fourth-order valence-electron chi connectivity index (χ4n) is 2.20. The lowest BCUT2D eigenvalue weighted by Gasteiger charge is -2.13. The van der Waals surface area contributed by atoms with Crippen molar-refractivity contribution in [3.8, 4) is 0 Å². The van der Waals surface area contributed by atoms with E-state index in [4.69, 9.17) is 9.47 Å². The van der Waals surface area contributed by atoms with Gasteiger partial charge >= 0.3 is 0 Å². The van der Waals surface area contributed by atoms with Crippen LogP contribution in [-0.2, 0) is 22.7 Å². The van der Waals surface area contributed by atoms with E-state index in [1.807, 2.05) is 48.5 Å². The Bertz CT molecular complexity index is 576. The minimum absolute atomic E-state index is 0.00982. The first-order valence-corrected chi connectivity index (χ1v) is 6.46. The number of carbonyl (C=O) groups excluding carboxylic acids is 1. The van der Waals surface area contributed by atoms with Crippen molar-refractivity contribution in [3.63, 3.8) is 0 Å². The molecule has 0 unspecified atom stereocenters. The zero-order valence-electron chi connectivity index (χ0n) is 11.8. The summed E-state index contributed by atoms with van der Waals surface area (Å²) in [5.74, 6) is 0.00982. The Morgan fingerprint density at radius 1 is 0.900 bits per heavy atom. The monoisotopic (exact) mass is 270 g/mol. The van der Waals surface area contributed by atoms with Gasteiger partial charge < -0.3 is 9.47 Å². The molecule has 0 heterocycles. The molecule has 0 bridgehead atoms. The Morgan fingerprint density at radius 2 is 1.60 bits per heavy atom. The van der Waals surface area contributed by atoms with Crippen LogP contribution in [-0.4, -0.2) is 20.0 Å². The molecule has 0 atom stereocenters. The number of rotatable bonds is 6. The average Bonchev–Trinajstić information content (AvgIpc) is 2.49. The summed E-state index contributed by atoms with van der Waals surface area (Å²) >= 11 is 0. The molecule has 2 aromatic carbocycles. The van der Waals surface area contributed by atoms with E-state index in [1.165, 1.54) is 0 Å². The van der Waals surface area contributed by atoms with Gasteiger partial charge in [0.05, 0.1) is 13.2 Å². The van der Waals surface area contributed by atoms with Crippen molar-refractivity contribution in [2.75, 3.05) is 14.2 Å². The number of methoxy groups -OCH3 is 2. The Morgan fingerprint density at radius 3 is 2.25 bits per heavy atom. The third-order valence-electron chi connectivity index (χ3n) is 3.14. The highest BCUT2D eigenvalue weighted by molar-refractivity contribution is 6.10. The van der Waals surface area contributed by atoms with Crippen LogP contribution in [0.25, 0.3) is 0 Å². The Kier molecular flexibility index (Phi) is 5.04. The molecule has 0 aliphatic carbocycles. The van der Waals surface area contributed by atoms with Gasteiger partial charge in [-0.25, -0.2) is 0 Å². The zero-order valence-corrected chi connectivity index (χ0v) is 11.8. The van der Waals surface area contributed by atoms with Crippen molar-refractivity contribution in [1.29, 1.82) is 0 Å². The fourth-order valence-corrected chi connectivity index (χ4v) is 2.20. The third-order valence-corrected chi connectivity index (χ3v) is 3.14. The van der Waals surface area contributed by atoms with E-state index in [-0.39, 0.29) is 5.78 Å². The minimum atomic E-state index is 0.00982. The number of benzene rings is 2. The maximum atomic E-state index is 12.6. The smallest absolute Gasteiger partial charge is 0.193 e. The molecule has 3 heteroatoms. The van der Waals surface area contributed by atoms with E-state index in [2.05, 4.69) is 0 Å². The zero-order chi connectivity index (χ0) is 14.4. The van der Waals surface area contributed by atoms with Crippen LogP contribution < -0.4 is 0 Å². The molecule has 0 amide bonds. The molecule has 0 spiro atoms. The molecule has 2 aromatic rings. The minimum Gasteiger partial charge on any atom is -0.380 e. The van der Waals surface area contributed by atoms with Gasteiger partial charge in [-0.3, -0.25) is 4.79 Å². The number of hydrogen-bond acceptors (Lipinski definition) is 3. The summed E-state index contributed by atoms with van der Waals surface area (Å²) < 4.78 is 10.4. The summed E-state index contributed by atoms with van der Waals surface area (Å²) in [5, 5.41) is 0. The van der Waals surface area contributed by atoms with Crippen LogP contribution in [0.1, 0.15) is 27.0 Å². The largest absolute Gasteiger partial charge is 0.380 e. The molecule has 0 aliphatic heterocycles. The van der Waals surface area contributed by atoms with E-state index >= 15 is 0 Å². The van der Waals surface area contributed by atoms with Crippen molar-refractivity contribution in [3.05, 3.63) is 70.8 Å². The highest BCUT2D eigenvalue weighted by atomic mass is 16.5. The lowest BCUT2D eigenvalue weighted by atomic mass is 9.95. The van der Waals surface area contributed by atoms with Gasteiger partial charge in [0.15, 0.2) is 5.78 Å². The molecule has 3 nitrogen and oxygen atoms in total. The van der Waals surface area contributed by atoms with E-state index in [0.29, 0.717) is 24.3 Å². The summed E-state index contributed by atoms with van der Waals surface area (Å²) in [6, 6.07) is 14.9. The van der Waals surface area contributed by atoms with Crippen LogP contribution in [0, 0.1) is 0 Å². The molecular formula is C17H18O3. The second kappa shape index (κ2) is 6.98. The maximum Gasteiger partial charge on any atom is 0.193 e. The lowest BCUT2D eigenvalue weighted by Crippen LogP contribution is -2.09. The number of carbonyl (C=O) groups is 1. The fraction of sp³-hybridized carbons (Fsp3) is 0.235. The first-order chi connectivity index (χ1) is 9.77. The first-order valence-electron chi connectivity index (χ1n) is 6.46. The van der Waals surface area contributed by atoms with Gasteiger partial charge in [0.2, 0.25) is 0 Å². The molecule has 0 fully saturated rings. The van der Waals surface area contributed by atoms with Gasteiger partial charge in [0.1, 0.15) is 0 Å². The van der Waals surface area contributed by atoms with Gasteiger partial charge in [-0.05, 0) is 11.1 Å². The molecule has 20 heavy (non-hydrogen) atoms. The molecular weight excluding hydrogens is 252 g/mol. The summed E-state index contributed by atoms with van der Waals surface area (Å²) in [7, 11) is 3.27. The van der Waals surface area contributed by atoms with Crippen molar-refractivity contribution >= 4 is 5.78 Å². The lowest BCUT2D eigenvalue weighted by molar-refractivity contribution is 0.103. The molecule has 0 radical (unpaired) electrons. The van der Waals surface area contributed by atoms with E-state index in [9.17, 15) is 4.79 Å². The van der Waals surface area contributed by atoms with E-state index in [0.717, 1.165) is 11.1 Å². The summed E-state index contributed by atoms with van der Waals surface area (Å²) in [5.41, 5.74) is 3.23. The molecule has 0 aromatic heterocycles. The van der Waals surface area contributed by atoms with Gasteiger partial charge in [-0.15, -0.1) is 0 Å². The van der Waals surface area contributed by atoms with Gasteiger partial charge in [-0.1, -0.05) is 48.5 Å². The quantitative estimate of drug-likeness (QED) is 0.756. The SMILES string of the molecule is COCc1cccc(C(=O)c2ccccc2)c1COC. The number of ether oxygens (including phenoxy) is 2. The van der Waals surface area contributed by atoms with Gasteiger partial charge in [0.25, 0.3) is 0 Å². The predicted molar refractivity (Wildman–Crippen MR) is 77.7 cm³/mol. The van der Waals surface area contributed by atoms with Crippen LogP contribution in [0.2, 0.25) is 0 Å². The van der Waals surface area contributed by atoms with Crippen molar-refractivity contribution < 1.29 is 14.3 Å². The third kappa shape index (κ3) is 3.13. The first kappa shape index (κ1) is 14.4. The Hall–Kier alpha value is -1.97. The van der Waals surface area contributed by atoms with Crippen LogP contribution in [0.15, 0.2) is 48.5 Å². The maximum absolute atomic E-state index is 12.6. The van der Waals surface area contributed by atoms with Crippen LogP contribution in [0.4, 0.5) is 0 Å². The summed E-state index contributed by atoms with van der Waals surface area (Å²) in [4.78, 5) is 12.6. The number of ketones is 1. The van der Waals surface area contributed by atoms with Gasteiger partial charge in [-0.2, -0.15) is 0 Å². The molecule has 0 N–H and O–H groups in total. The molecule has 0 saturated carbocycles. The van der Waals surface area contributed by atoms with Crippen LogP contribution in [0.3, 0.4) is 0 Å². The second-order valence-corrected chi connectivity index (χ2v) is 4.50. The highest BCUT2D eigenvalue weighted by Gasteiger charge is 2.16. The summed E-state index contributed by atoms with van der Waals surface area (Å²) in [6.07, 6.45) is 0. The Labute approximate surface area is 119 Å². The normalized spacial score (nSPS) is 10.5. The Balaban J connectivity index is 2.45. The summed E-state index contributed by atoms with van der Waals surface area (Å²) in [6.45, 7) is 0.863. The number of hydrogen-bond donors (Lipinski definition) is 0. The molecule has 2 rings (SSSR count). The molecule has 104 valence electrons. The topological polar surface area (TPSA) is 35.5 Å². The van der Waals surface area contributed by atoms with Gasteiger partial charge in [0, 0.05) is 25.3 Å².